The Balaban J connectivity index is 1.62. The highest BCUT2D eigenvalue weighted by molar-refractivity contribution is 5.76. The molecule has 0 aromatic heterocycles. The van der Waals surface area contributed by atoms with E-state index in [9.17, 15) is 24.9 Å². The third-order valence-corrected chi connectivity index (χ3v) is 13.6. The fourth-order valence-electron chi connectivity index (χ4n) is 11.8. The summed E-state index contributed by atoms with van der Waals surface area (Å²) >= 11 is 0. The molecule has 0 unspecified atom stereocenters. The van der Waals surface area contributed by atoms with E-state index in [2.05, 4.69) is 48.1 Å². The summed E-state index contributed by atoms with van der Waals surface area (Å²) in [6.45, 7) is 17.5. The second-order valence-electron chi connectivity index (χ2n) is 14.6. The predicted octanol–water partition coefficient (Wildman–Crippen LogP) is 6.01. The van der Waals surface area contributed by atoms with Gasteiger partial charge in [0.1, 0.15) is 0 Å². The van der Waals surface area contributed by atoms with Crippen LogP contribution in [0.15, 0.2) is 12.2 Å². The van der Waals surface area contributed by atoms with Gasteiger partial charge in [0.25, 0.3) is 0 Å². The molecular formula is C30H46O5. The van der Waals surface area contributed by atoms with Gasteiger partial charge in [-0.2, -0.15) is 0 Å². The van der Waals surface area contributed by atoms with Crippen LogP contribution in [0, 0.1) is 62.6 Å². The minimum absolute atomic E-state index is 0.0493. The molecule has 5 nitrogen and oxygen atoms in total. The molecule has 5 saturated carbocycles. The van der Waals surface area contributed by atoms with Crippen LogP contribution < -0.4 is 0 Å². The molecule has 0 saturated heterocycles. The van der Waals surface area contributed by atoms with E-state index in [1.807, 2.05) is 0 Å². The molecule has 5 aliphatic rings. The maximum Gasteiger partial charge on any atom is 0.309 e. The lowest BCUT2D eigenvalue weighted by molar-refractivity contribution is -0.228. The molecule has 0 bridgehead atoms. The Morgan fingerprint density at radius 3 is 2.06 bits per heavy atom. The Morgan fingerprint density at radius 2 is 1.49 bits per heavy atom. The number of aliphatic hydroxyl groups excluding tert-OH is 1. The van der Waals surface area contributed by atoms with Crippen molar-refractivity contribution in [2.45, 2.75) is 99.0 Å². The zero-order valence-corrected chi connectivity index (χ0v) is 22.6. The molecule has 0 radical (unpaired) electrons. The Bertz CT molecular complexity index is 970. The average molecular weight is 487 g/mol. The maximum absolute atomic E-state index is 12.8. The van der Waals surface area contributed by atoms with Crippen molar-refractivity contribution in [2.75, 3.05) is 0 Å². The summed E-state index contributed by atoms with van der Waals surface area (Å²) in [5.41, 5.74) is -0.558. The van der Waals surface area contributed by atoms with E-state index in [0.717, 1.165) is 50.5 Å². The highest BCUT2D eigenvalue weighted by atomic mass is 16.4. The number of aliphatic hydroxyl groups is 1. The summed E-state index contributed by atoms with van der Waals surface area (Å²) in [5, 5.41) is 32.2. The standard InChI is InChI=1S/C30H46O5/c1-16(2)17-10-13-30(25(34)35)15-14-27(5)18(21(17)30)8-9-20-28(27,6)12-11-19-26(3,4)23(31)22(24(32)33)29(19,20)7/h17-23,31H,1,8-15H2,2-7H3,(H,32,33)(H,34,35)/t17-,18-,19+,20+,21+,22-,23+,27+,28+,29-,30-/m0/s1. The number of allylic oxidation sites excluding steroid dienone is 1. The molecule has 5 rings (SSSR count). The van der Waals surface area contributed by atoms with Crippen molar-refractivity contribution in [3.8, 4) is 0 Å². The zero-order valence-electron chi connectivity index (χ0n) is 22.6. The summed E-state index contributed by atoms with van der Waals surface area (Å²) in [5.74, 6) is -1.21. The monoisotopic (exact) mass is 486 g/mol. The second-order valence-corrected chi connectivity index (χ2v) is 14.6. The SMILES string of the molecule is C=C(C)[C@@H]1CC[C@]2(C(=O)O)CC[C@]3(C)[C@@H](CC[C@H]4[C@@]5(C)[C@H](C(=O)O)[C@@H](O)C(C)(C)[C@H]5CC[C@]43C)[C@@H]12. The van der Waals surface area contributed by atoms with E-state index in [4.69, 9.17) is 0 Å². The topological polar surface area (TPSA) is 94.8 Å². The molecule has 0 aromatic carbocycles. The van der Waals surface area contributed by atoms with Crippen LogP contribution in [-0.2, 0) is 9.59 Å². The van der Waals surface area contributed by atoms with E-state index in [1.54, 1.807) is 0 Å². The summed E-state index contributed by atoms with van der Waals surface area (Å²) < 4.78 is 0. The van der Waals surface area contributed by atoms with Crippen LogP contribution in [0.2, 0.25) is 0 Å². The summed E-state index contributed by atoms with van der Waals surface area (Å²) in [6.07, 6.45) is 6.24. The van der Waals surface area contributed by atoms with Crippen LogP contribution in [0.3, 0.4) is 0 Å². The molecule has 0 heterocycles. The average Bonchev–Trinajstić information content (AvgIpc) is 3.21. The minimum Gasteiger partial charge on any atom is -0.481 e. The molecule has 196 valence electrons. The number of hydrogen-bond donors (Lipinski definition) is 3. The van der Waals surface area contributed by atoms with Gasteiger partial charge in [-0.1, -0.05) is 46.8 Å². The third kappa shape index (κ3) is 2.75. The van der Waals surface area contributed by atoms with Crippen molar-refractivity contribution in [2.24, 2.45) is 62.6 Å². The van der Waals surface area contributed by atoms with Crippen LogP contribution in [0.1, 0.15) is 92.9 Å². The molecular weight excluding hydrogens is 440 g/mol. The van der Waals surface area contributed by atoms with E-state index in [-0.39, 0.29) is 34.5 Å². The first-order chi connectivity index (χ1) is 16.1. The summed E-state index contributed by atoms with van der Waals surface area (Å²) in [6, 6.07) is 0. The Hall–Kier alpha value is -1.36. The van der Waals surface area contributed by atoms with Crippen molar-refractivity contribution >= 4 is 11.9 Å². The minimum atomic E-state index is -0.862. The Labute approximate surface area is 210 Å². The number of carboxylic acids is 2. The van der Waals surface area contributed by atoms with Crippen molar-refractivity contribution in [3.05, 3.63) is 12.2 Å². The molecule has 5 heteroatoms. The zero-order chi connectivity index (χ0) is 25.9. The van der Waals surface area contributed by atoms with Crippen LogP contribution in [0.25, 0.3) is 0 Å². The van der Waals surface area contributed by atoms with Crippen LogP contribution in [0.5, 0.6) is 0 Å². The maximum atomic E-state index is 12.8. The van der Waals surface area contributed by atoms with Gasteiger partial charge in [0, 0.05) is 0 Å². The van der Waals surface area contributed by atoms with E-state index >= 15 is 0 Å². The molecule has 0 aromatic rings. The van der Waals surface area contributed by atoms with Gasteiger partial charge in [-0.3, -0.25) is 9.59 Å². The summed E-state index contributed by atoms with van der Waals surface area (Å²) in [7, 11) is 0. The smallest absolute Gasteiger partial charge is 0.309 e. The van der Waals surface area contributed by atoms with Gasteiger partial charge >= 0.3 is 11.9 Å². The second kappa shape index (κ2) is 7.36. The number of hydrogen-bond acceptors (Lipinski definition) is 3. The quantitative estimate of drug-likeness (QED) is 0.425. The number of aliphatic carboxylic acids is 2. The highest BCUT2D eigenvalue weighted by Crippen LogP contribution is 2.79. The lowest BCUT2D eigenvalue weighted by atomic mass is 9.34. The molecule has 5 aliphatic carbocycles. The molecule has 0 spiro atoms. The lowest BCUT2D eigenvalue weighted by Crippen LogP contribution is -2.65. The van der Waals surface area contributed by atoms with E-state index in [1.165, 1.54) is 0 Å². The Kier molecular flexibility index (Phi) is 5.32. The number of rotatable bonds is 3. The number of carbonyl (C=O) groups is 2. The molecule has 0 amide bonds. The normalized spacial score (nSPS) is 54.2. The van der Waals surface area contributed by atoms with Gasteiger partial charge in [0.15, 0.2) is 0 Å². The number of fused-ring (bicyclic) bond motifs is 7. The van der Waals surface area contributed by atoms with Gasteiger partial charge in [-0.25, -0.2) is 0 Å². The third-order valence-electron chi connectivity index (χ3n) is 13.6. The van der Waals surface area contributed by atoms with Crippen LogP contribution in [-0.4, -0.2) is 33.4 Å². The van der Waals surface area contributed by atoms with Crippen molar-refractivity contribution < 1.29 is 24.9 Å². The molecule has 5 fully saturated rings. The molecule has 11 atom stereocenters. The first kappa shape index (κ1) is 25.3. The van der Waals surface area contributed by atoms with E-state index in [0.29, 0.717) is 12.3 Å². The molecule has 3 N–H and O–H groups in total. The number of carboxylic acid groups (broad SMARTS) is 2. The van der Waals surface area contributed by atoms with Gasteiger partial charge < -0.3 is 15.3 Å². The summed E-state index contributed by atoms with van der Waals surface area (Å²) in [4.78, 5) is 25.4. The highest BCUT2D eigenvalue weighted by Gasteiger charge is 2.75. The van der Waals surface area contributed by atoms with Gasteiger partial charge in [0.05, 0.1) is 17.4 Å². The van der Waals surface area contributed by atoms with Gasteiger partial charge in [-0.05, 0) is 110 Å². The largest absolute Gasteiger partial charge is 0.481 e. The fraction of sp³-hybridized carbons (Fsp3) is 0.867. The molecule has 35 heavy (non-hydrogen) atoms. The molecule has 0 aliphatic heterocycles. The van der Waals surface area contributed by atoms with E-state index < -0.39 is 40.2 Å². The first-order valence-electron chi connectivity index (χ1n) is 13.9. The van der Waals surface area contributed by atoms with Gasteiger partial charge in [-0.15, -0.1) is 0 Å². The fourth-order valence-corrected chi connectivity index (χ4v) is 11.8. The van der Waals surface area contributed by atoms with Gasteiger partial charge in [0.2, 0.25) is 0 Å². The van der Waals surface area contributed by atoms with Crippen molar-refractivity contribution in [1.29, 1.82) is 0 Å². The first-order valence-corrected chi connectivity index (χ1v) is 13.9. The predicted molar refractivity (Wildman–Crippen MR) is 135 cm³/mol. The van der Waals surface area contributed by atoms with Crippen molar-refractivity contribution in [3.63, 3.8) is 0 Å². The lowest BCUT2D eigenvalue weighted by Gasteiger charge is -2.70. The Morgan fingerprint density at radius 1 is 0.829 bits per heavy atom. The van der Waals surface area contributed by atoms with Crippen LogP contribution in [0.4, 0.5) is 0 Å². The van der Waals surface area contributed by atoms with Crippen LogP contribution >= 0.6 is 0 Å². The van der Waals surface area contributed by atoms with Crippen molar-refractivity contribution in [1.82, 2.24) is 0 Å².